The van der Waals surface area contributed by atoms with Gasteiger partial charge in [0.2, 0.25) is 0 Å². The molecule has 5 nitrogen and oxygen atoms in total. The Bertz CT molecular complexity index is 774. The fourth-order valence-corrected chi connectivity index (χ4v) is 3.89. The highest BCUT2D eigenvalue weighted by Crippen LogP contribution is 2.34. The monoisotopic (exact) mass is 389 g/mol. The van der Waals surface area contributed by atoms with Crippen LogP contribution >= 0.6 is 11.6 Å². The van der Waals surface area contributed by atoms with E-state index in [4.69, 9.17) is 21.1 Å². The Kier molecular flexibility index (Phi) is 5.28. The third-order valence-corrected chi connectivity index (χ3v) is 5.72. The lowest BCUT2D eigenvalue weighted by atomic mass is 9.84. The standard InChI is InChI=1S/C21H24ClNO4/c22-16-7-5-15(6-8-16)21(25)9-11-23(12-10-21)13-17(24)20-14-26-18-3-1-2-4-19(18)27-20/h1-8,17,20,24-25H,9-14H2/t17-,20+/m0/s1. The first-order valence-electron chi connectivity index (χ1n) is 9.31. The molecule has 0 bridgehead atoms. The fourth-order valence-electron chi connectivity index (χ4n) is 3.76. The minimum atomic E-state index is -0.838. The number of piperidine rings is 1. The topological polar surface area (TPSA) is 62.2 Å². The van der Waals surface area contributed by atoms with Crippen LogP contribution in [0.25, 0.3) is 0 Å². The molecule has 2 aromatic carbocycles. The van der Waals surface area contributed by atoms with Gasteiger partial charge in [0.15, 0.2) is 17.6 Å². The number of aliphatic hydroxyl groups excluding tert-OH is 1. The van der Waals surface area contributed by atoms with Crippen molar-refractivity contribution in [1.29, 1.82) is 0 Å². The highest BCUT2D eigenvalue weighted by molar-refractivity contribution is 6.30. The lowest BCUT2D eigenvalue weighted by molar-refractivity contribution is -0.0565. The third kappa shape index (κ3) is 4.06. The van der Waals surface area contributed by atoms with Crippen LogP contribution in [0.3, 0.4) is 0 Å². The summed E-state index contributed by atoms with van der Waals surface area (Å²) in [5.74, 6) is 1.38. The van der Waals surface area contributed by atoms with Gasteiger partial charge in [0.25, 0.3) is 0 Å². The number of rotatable bonds is 4. The summed E-state index contributed by atoms with van der Waals surface area (Å²) in [5.41, 5.74) is 0.0582. The van der Waals surface area contributed by atoms with Crippen LogP contribution in [0, 0.1) is 0 Å². The van der Waals surface area contributed by atoms with Crippen LogP contribution in [-0.4, -0.2) is 53.6 Å². The van der Waals surface area contributed by atoms with E-state index in [0.29, 0.717) is 55.6 Å². The molecular weight excluding hydrogens is 366 g/mol. The summed E-state index contributed by atoms with van der Waals surface area (Å²) in [7, 11) is 0. The largest absolute Gasteiger partial charge is 0.486 e. The van der Waals surface area contributed by atoms with Crippen molar-refractivity contribution in [3.8, 4) is 11.5 Å². The minimum absolute atomic E-state index is 0.334. The van der Waals surface area contributed by atoms with E-state index in [1.54, 1.807) is 0 Å². The molecule has 144 valence electrons. The molecule has 0 spiro atoms. The molecule has 2 aromatic rings. The van der Waals surface area contributed by atoms with Crippen LogP contribution in [0.2, 0.25) is 5.02 Å². The first-order valence-corrected chi connectivity index (χ1v) is 9.69. The summed E-state index contributed by atoms with van der Waals surface area (Å²) in [6.45, 7) is 2.24. The number of fused-ring (bicyclic) bond motifs is 1. The summed E-state index contributed by atoms with van der Waals surface area (Å²) >= 11 is 5.94. The summed E-state index contributed by atoms with van der Waals surface area (Å²) in [6, 6.07) is 14.9. The number of aliphatic hydroxyl groups is 2. The Morgan fingerprint density at radius 1 is 1.07 bits per heavy atom. The predicted octanol–water partition coefficient (Wildman–Crippen LogP) is 2.82. The Labute approximate surface area is 164 Å². The summed E-state index contributed by atoms with van der Waals surface area (Å²) < 4.78 is 11.6. The molecule has 27 heavy (non-hydrogen) atoms. The average Bonchev–Trinajstić information content (AvgIpc) is 2.70. The normalized spacial score (nSPS) is 23.0. The van der Waals surface area contributed by atoms with Gasteiger partial charge in [-0.15, -0.1) is 0 Å². The van der Waals surface area contributed by atoms with Gasteiger partial charge < -0.3 is 24.6 Å². The van der Waals surface area contributed by atoms with Crippen molar-refractivity contribution in [1.82, 2.24) is 4.90 Å². The van der Waals surface area contributed by atoms with Crippen molar-refractivity contribution in [2.24, 2.45) is 0 Å². The van der Waals surface area contributed by atoms with Gasteiger partial charge in [0.1, 0.15) is 12.7 Å². The zero-order valence-electron chi connectivity index (χ0n) is 15.1. The Hall–Kier alpha value is -1.79. The van der Waals surface area contributed by atoms with E-state index in [1.165, 1.54) is 0 Å². The molecule has 6 heteroatoms. The van der Waals surface area contributed by atoms with E-state index >= 15 is 0 Å². The molecule has 2 aliphatic heterocycles. The predicted molar refractivity (Wildman–Crippen MR) is 103 cm³/mol. The number of hydrogen-bond donors (Lipinski definition) is 2. The Morgan fingerprint density at radius 2 is 1.74 bits per heavy atom. The molecule has 2 heterocycles. The smallest absolute Gasteiger partial charge is 0.161 e. The van der Waals surface area contributed by atoms with E-state index in [0.717, 1.165) is 5.56 Å². The highest BCUT2D eigenvalue weighted by Gasteiger charge is 2.36. The first kappa shape index (κ1) is 18.6. The van der Waals surface area contributed by atoms with Gasteiger partial charge >= 0.3 is 0 Å². The van der Waals surface area contributed by atoms with Gasteiger partial charge in [-0.1, -0.05) is 35.9 Å². The molecule has 0 aromatic heterocycles. The van der Waals surface area contributed by atoms with Crippen LogP contribution in [0.5, 0.6) is 11.5 Å². The van der Waals surface area contributed by atoms with E-state index in [9.17, 15) is 10.2 Å². The molecule has 1 saturated heterocycles. The van der Waals surface area contributed by atoms with Crippen LogP contribution in [-0.2, 0) is 5.60 Å². The fraction of sp³-hybridized carbons (Fsp3) is 0.429. The van der Waals surface area contributed by atoms with Gasteiger partial charge in [-0.25, -0.2) is 0 Å². The zero-order valence-corrected chi connectivity index (χ0v) is 15.8. The van der Waals surface area contributed by atoms with Gasteiger partial charge in [-0.2, -0.15) is 0 Å². The lowest BCUT2D eigenvalue weighted by Gasteiger charge is -2.40. The molecule has 0 unspecified atom stereocenters. The van der Waals surface area contributed by atoms with Crippen molar-refractivity contribution in [2.75, 3.05) is 26.2 Å². The molecule has 2 N–H and O–H groups in total. The average molecular weight is 390 g/mol. The molecule has 0 radical (unpaired) electrons. The van der Waals surface area contributed by atoms with Crippen LogP contribution < -0.4 is 9.47 Å². The van der Waals surface area contributed by atoms with Crippen molar-refractivity contribution in [3.63, 3.8) is 0 Å². The van der Waals surface area contributed by atoms with Gasteiger partial charge in [-0.3, -0.25) is 0 Å². The van der Waals surface area contributed by atoms with E-state index in [2.05, 4.69) is 4.90 Å². The molecule has 0 amide bonds. The Balaban J connectivity index is 1.32. The van der Waals surface area contributed by atoms with Crippen LogP contribution in [0.1, 0.15) is 18.4 Å². The van der Waals surface area contributed by atoms with Gasteiger partial charge in [-0.05, 0) is 42.7 Å². The van der Waals surface area contributed by atoms with Crippen molar-refractivity contribution >= 4 is 11.6 Å². The minimum Gasteiger partial charge on any atom is -0.486 e. The van der Waals surface area contributed by atoms with Crippen molar-refractivity contribution < 1.29 is 19.7 Å². The van der Waals surface area contributed by atoms with Crippen molar-refractivity contribution in [3.05, 3.63) is 59.1 Å². The molecule has 2 aliphatic rings. The number of likely N-dealkylation sites (tertiary alicyclic amines) is 1. The number of hydrogen-bond acceptors (Lipinski definition) is 5. The number of para-hydroxylation sites is 2. The second-order valence-electron chi connectivity index (χ2n) is 7.32. The number of halogens is 1. The van der Waals surface area contributed by atoms with Gasteiger partial charge in [0.05, 0.1) is 5.60 Å². The first-order chi connectivity index (χ1) is 13.0. The number of nitrogens with zero attached hydrogens (tertiary/aromatic N) is 1. The van der Waals surface area contributed by atoms with E-state index in [1.807, 2.05) is 48.5 Å². The second-order valence-corrected chi connectivity index (χ2v) is 7.76. The maximum Gasteiger partial charge on any atom is 0.161 e. The molecule has 2 atom stereocenters. The molecule has 0 aliphatic carbocycles. The van der Waals surface area contributed by atoms with Crippen LogP contribution in [0.4, 0.5) is 0 Å². The highest BCUT2D eigenvalue weighted by atomic mass is 35.5. The molecule has 0 saturated carbocycles. The SMILES string of the molecule is O[C@@H](CN1CCC(O)(c2ccc(Cl)cc2)CC1)[C@H]1COc2ccccc2O1. The maximum absolute atomic E-state index is 11.0. The third-order valence-electron chi connectivity index (χ3n) is 5.47. The van der Waals surface area contributed by atoms with Gasteiger partial charge in [0, 0.05) is 24.7 Å². The number of β-amino-alcohol motifs (C(OH)–C–C–N with tert-alkyl or cyclic N) is 1. The summed E-state index contributed by atoms with van der Waals surface area (Å²) in [4.78, 5) is 2.17. The molecule has 4 rings (SSSR count). The number of ether oxygens (including phenoxy) is 2. The van der Waals surface area contributed by atoms with Crippen molar-refractivity contribution in [2.45, 2.75) is 30.7 Å². The number of benzene rings is 2. The zero-order chi connectivity index (χ0) is 18.9. The van der Waals surface area contributed by atoms with E-state index < -0.39 is 17.8 Å². The quantitative estimate of drug-likeness (QED) is 0.842. The van der Waals surface area contributed by atoms with Crippen LogP contribution in [0.15, 0.2) is 48.5 Å². The summed E-state index contributed by atoms with van der Waals surface area (Å²) in [5, 5.41) is 22.2. The Morgan fingerprint density at radius 3 is 2.44 bits per heavy atom. The second kappa shape index (κ2) is 7.68. The molecule has 1 fully saturated rings. The van der Waals surface area contributed by atoms with E-state index in [-0.39, 0.29) is 0 Å². The maximum atomic E-state index is 11.0. The summed E-state index contributed by atoms with van der Waals surface area (Å²) in [6.07, 6.45) is 0.190. The molecular formula is C21H24ClNO4. The lowest BCUT2D eigenvalue weighted by Crippen LogP contribution is -2.50.